The number of esters is 16. The van der Waals surface area contributed by atoms with Crippen molar-refractivity contribution >= 4 is 95.5 Å². The maximum atomic E-state index is 12.6. The van der Waals surface area contributed by atoms with Gasteiger partial charge in [0.1, 0.15) is 0 Å². The number of nitrogens with zero attached hydrogens (tertiary/aromatic N) is 12. The Morgan fingerprint density at radius 3 is 0.329 bits per heavy atom. The Labute approximate surface area is 877 Å². The quantitative estimate of drug-likeness (QED) is 0.0334. The van der Waals surface area contributed by atoms with E-state index in [0.717, 1.165) is 0 Å². The van der Waals surface area contributed by atoms with Crippen molar-refractivity contribution in [3.05, 3.63) is 0 Å². The molecule has 0 radical (unpaired) electrons. The van der Waals surface area contributed by atoms with E-state index in [1.54, 1.807) is 0 Å². The van der Waals surface area contributed by atoms with Crippen molar-refractivity contribution in [3.63, 3.8) is 0 Å². The molecule has 4 unspecified atom stereocenters. The molecular formula is C97H176N12O40. The highest BCUT2D eigenvalue weighted by molar-refractivity contribution is 5.75. The Bertz CT molecular complexity index is 2910. The molecule has 0 aromatic rings. The third-order valence-corrected chi connectivity index (χ3v) is 24.4. The number of carbonyl (C=O) groups is 16. The predicted octanol–water partition coefficient (Wildman–Crippen LogP) is -3.88. The van der Waals surface area contributed by atoms with E-state index in [2.05, 4.69) is 0 Å². The summed E-state index contributed by atoms with van der Waals surface area (Å²) in [6, 6.07) is 0. The molecular weight excluding hydrogens is 1970 g/mol. The van der Waals surface area contributed by atoms with Crippen LogP contribution in [-0.4, -0.2) is 601 Å². The number of hydrogen-bond donors (Lipinski definition) is 4. The van der Waals surface area contributed by atoms with Crippen LogP contribution in [0.5, 0.6) is 0 Å². The van der Waals surface area contributed by atoms with Crippen LogP contribution in [0.1, 0.15) is 103 Å². The van der Waals surface area contributed by atoms with Crippen LogP contribution in [0.2, 0.25) is 0 Å². The average molecular weight is 2150 g/mol. The molecule has 0 spiro atoms. The molecule has 0 aliphatic carbocycles. The van der Waals surface area contributed by atoms with Gasteiger partial charge in [-0.05, 0) is 0 Å². The molecule has 0 aliphatic rings. The van der Waals surface area contributed by atoms with Gasteiger partial charge in [0.2, 0.25) is 0 Å². The summed E-state index contributed by atoms with van der Waals surface area (Å²) >= 11 is 0. The average Bonchev–Trinajstić information content (AvgIpc) is 0.854. The molecule has 0 saturated heterocycles. The number of ether oxygens (including phenoxy) is 20. The summed E-state index contributed by atoms with van der Waals surface area (Å²) in [5.74, 6) is -8.35. The first-order chi connectivity index (χ1) is 71.3. The summed E-state index contributed by atoms with van der Waals surface area (Å²) in [5.41, 5.74) is -1.62. The van der Waals surface area contributed by atoms with Gasteiger partial charge in [0.25, 0.3) is 0 Å². The molecule has 4 N–H and O–H groups in total. The monoisotopic (exact) mass is 2150 g/mol. The van der Waals surface area contributed by atoms with Gasteiger partial charge in [0.05, 0.1) is 299 Å². The van der Waals surface area contributed by atoms with E-state index in [-0.39, 0.29) is 338 Å². The van der Waals surface area contributed by atoms with Gasteiger partial charge >= 0.3 is 95.5 Å². The zero-order valence-corrected chi connectivity index (χ0v) is 91.1. The molecule has 0 fully saturated rings. The van der Waals surface area contributed by atoms with E-state index in [0.29, 0.717) is 0 Å². The lowest BCUT2D eigenvalue weighted by atomic mass is 9.92. The van der Waals surface area contributed by atoms with Crippen molar-refractivity contribution in [1.29, 1.82) is 0 Å². The van der Waals surface area contributed by atoms with Gasteiger partial charge in [-0.15, -0.1) is 0 Å². The Morgan fingerprint density at radius 2 is 0.242 bits per heavy atom. The Kier molecular flexibility index (Phi) is 82.7. The van der Waals surface area contributed by atoms with Crippen molar-refractivity contribution in [1.82, 2.24) is 58.8 Å². The third kappa shape index (κ3) is 74.4. The summed E-state index contributed by atoms with van der Waals surface area (Å²) in [5, 5.41) is 50.1. The molecule has 0 saturated carbocycles. The minimum Gasteiger partial charge on any atom is -0.469 e. The molecule has 0 aromatic heterocycles. The largest absolute Gasteiger partial charge is 0.469 e. The second-order valence-electron chi connectivity index (χ2n) is 35.3. The Hall–Kier alpha value is -9.28. The molecule has 0 rings (SSSR count). The fourth-order valence-corrected chi connectivity index (χ4v) is 15.0. The zero-order chi connectivity index (χ0) is 112. The fourth-order valence-electron chi connectivity index (χ4n) is 15.0. The van der Waals surface area contributed by atoms with Crippen LogP contribution < -0.4 is 0 Å². The second-order valence-corrected chi connectivity index (χ2v) is 35.3. The van der Waals surface area contributed by atoms with Gasteiger partial charge in [-0.2, -0.15) is 0 Å². The second kappa shape index (κ2) is 88.2. The van der Waals surface area contributed by atoms with Crippen LogP contribution in [0.25, 0.3) is 0 Å². The molecule has 0 heterocycles. The molecule has 52 nitrogen and oxygen atoms in total. The summed E-state index contributed by atoms with van der Waals surface area (Å²) in [6.07, 6.45) is -6.44. The standard InChI is InChI=1S/C97H176N12O40/c1-130-81(114)17-33-98(34-18-82(115)131-2)49-57-106(58-50-99(35-19-83(116)132-3)36-20-84(117)133-4)65-77(110)69-146-73-97(74-147-70-78(111)66-107(59-51-100(37-21-85(118)134-5)38-22-86(119)135-6)60-52-101(39-23-87(120)136-7)40-24-88(121)137-8,75-148-71-79(112)67-108(61-53-102(41-25-89(122)138-9)42-26-90(123)139-10)62-54-103(43-27-91(124)140-11)44-28-92(125)141-12)76-149-72-80(113)68-109(63-55-104(45-29-93(126)142-13)46-30-94(127)143-14)64-56-105(47-31-95(128)144-15)48-32-96(129)145-16/h77-80,110-113H,17-76H2,1-16H3. The molecule has 864 valence electrons. The number of methoxy groups -OCH3 is 16. The van der Waals surface area contributed by atoms with E-state index < -0.39 is 178 Å². The number of rotatable bonds is 96. The van der Waals surface area contributed by atoms with Crippen LogP contribution in [0.15, 0.2) is 0 Å². The summed E-state index contributed by atoms with van der Waals surface area (Å²) in [4.78, 5) is 224. The van der Waals surface area contributed by atoms with Gasteiger partial charge in [0.15, 0.2) is 0 Å². The van der Waals surface area contributed by atoms with Crippen molar-refractivity contribution < 1.29 is 192 Å². The van der Waals surface area contributed by atoms with Crippen LogP contribution in [0.4, 0.5) is 0 Å². The van der Waals surface area contributed by atoms with E-state index in [1.165, 1.54) is 114 Å². The topological polar surface area (TPSA) is 578 Å². The Morgan fingerprint density at radius 1 is 0.154 bits per heavy atom. The highest BCUT2D eigenvalue weighted by Gasteiger charge is 2.36. The number of aliphatic hydroxyl groups is 4. The molecule has 0 aromatic carbocycles. The number of aliphatic hydroxyl groups excluding tert-OH is 4. The van der Waals surface area contributed by atoms with Crippen molar-refractivity contribution in [3.8, 4) is 0 Å². The van der Waals surface area contributed by atoms with E-state index in [4.69, 9.17) is 94.7 Å². The lowest BCUT2D eigenvalue weighted by molar-refractivity contribution is -0.143. The van der Waals surface area contributed by atoms with E-state index >= 15 is 0 Å². The van der Waals surface area contributed by atoms with E-state index in [9.17, 15) is 97.1 Å². The van der Waals surface area contributed by atoms with Crippen LogP contribution in [0.3, 0.4) is 0 Å². The molecule has 0 aliphatic heterocycles. The third-order valence-electron chi connectivity index (χ3n) is 24.4. The molecule has 52 heteroatoms. The summed E-state index contributed by atoms with van der Waals surface area (Å²) in [6.45, 7) is 1.14. The molecule has 0 amide bonds. The minimum absolute atomic E-state index is 0.0579. The van der Waals surface area contributed by atoms with Crippen LogP contribution >= 0.6 is 0 Å². The van der Waals surface area contributed by atoms with Gasteiger partial charge in [0, 0.05) is 236 Å². The van der Waals surface area contributed by atoms with Crippen molar-refractivity contribution in [2.24, 2.45) is 5.41 Å². The highest BCUT2D eigenvalue weighted by Crippen LogP contribution is 2.23. The maximum absolute atomic E-state index is 12.6. The molecule has 4 atom stereocenters. The Balaban J connectivity index is 9.47. The number of carbonyl (C=O) groups excluding carboxylic acids is 16. The maximum Gasteiger partial charge on any atom is 0.306 e. The SMILES string of the molecule is COC(=O)CCN(CCC(=O)OC)CCN(CCN(CCC(=O)OC)CCC(=O)OC)CC(O)COCC(COCC(O)CN(CCN(CCC(=O)OC)CCC(=O)OC)CCN(CCC(=O)OC)CCC(=O)OC)(COCC(O)CN(CCN(CCC(=O)OC)CCC(=O)OC)CCN(CCC(=O)OC)CCC(=O)OC)COCC(O)CN(CCN(CCC(=O)OC)CCC(=O)OC)CCN(CCC(=O)OC)CCC(=O)OC. The lowest BCUT2D eigenvalue weighted by Crippen LogP contribution is -2.48. The predicted molar refractivity (Wildman–Crippen MR) is 533 cm³/mol. The fraction of sp³-hybridized carbons (Fsp3) is 0.835. The van der Waals surface area contributed by atoms with Gasteiger partial charge < -0.3 is 154 Å². The molecule has 0 bridgehead atoms. The van der Waals surface area contributed by atoms with Crippen molar-refractivity contribution in [2.45, 2.75) is 127 Å². The first-order valence-electron chi connectivity index (χ1n) is 50.1. The van der Waals surface area contributed by atoms with Crippen LogP contribution in [0, 0.1) is 5.41 Å². The first kappa shape index (κ1) is 140. The van der Waals surface area contributed by atoms with Gasteiger partial charge in [-0.25, -0.2) is 0 Å². The normalized spacial score (nSPS) is 12.8. The van der Waals surface area contributed by atoms with Gasteiger partial charge in [-0.3, -0.25) is 96.3 Å². The van der Waals surface area contributed by atoms with E-state index in [1.807, 2.05) is 58.8 Å². The zero-order valence-electron chi connectivity index (χ0n) is 91.1. The van der Waals surface area contributed by atoms with Crippen molar-refractivity contribution in [2.75, 3.05) is 402 Å². The lowest BCUT2D eigenvalue weighted by Gasteiger charge is -2.35. The summed E-state index contributed by atoms with van der Waals surface area (Å²) < 4.78 is 106. The molecule has 149 heavy (non-hydrogen) atoms. The smallest absolute Gasteiger partial charge is 0.306 e. The number of hydrogen-bond acceptors (Lipinski definition) is 52. The van der Waals surface area contributed by atoms with Crippen LogP contribution in [-0.2, 0) is 171 Å². The first-order valence-corrected chi connectivity index (χ1v) is 50.1. The highest BCUT2D eigenvalue weighted by atomic mass is 16.6. The summed E-state index contributed by atoms with van der Waals surface area (Å²) in [7, 11) is 19.9. The van der Waals surface area contributed by atoms with Gasteiger partial charge in [-0.1, -0.05) is 0 Å². The minimum atomic E-state index is -1.62.